The number of benzene rings is 1. The Morgan fingerprint density at radius 2 is 2.00 bits per heavy atom. The molecule has 2 rings (SSSR count). The van der Waals surface area contributed by atoms with Crippen LogP contribution < -0.4 is 10.6 Å². The quantitative estimate of drug-likeness (QED) is 0.897. The van der Waals surface area contributed by atoms with Crippen molar-refractivity contribution in [2.75, 3.05) is 13.2 Å². The van der Waals surface area contributed by atoms with Crippen LogP contribution in [0.1, 0.15) is 17.5 Å². The molecule has 1 atom stereocenters. The maximum absolute atomic E-state index is 12.5. The van der Waals surface area contributed by atoms with Crippen molar-refractivity contribution in [1.82, 2.24) is 10.6 Å². The number of urea groups is 1. The van der Waals surface area contributed by atoms with Crippen molar-refractivity contribution in [3.63, 3.8) is 0 Å². The smallest absolute Gasteiger partial charge is 0.379 e. The lowest BCUT2D eigenvalue weighted by Gasteiger charge is -2.14. The Kier molecular flexibility index (Phi) is 5.06. The van der Waals surface area contributed by atoms with Gasteiger partial charge in [-0.15, -0.1) is 0 Å². The molecule has 0 aromatic heterocycles. The van der Waals surface area contributed by atoms with Crippen LogP contribution in [-0.2, 0) is 17.7 Å². The average molecular weight is 302 g/mol. The molecule has 1 aliphatic rings. The summed E-state index contributed by atoms with van der Waals surface area (Å²) >= 11 is 0. The van der Waals surface area contributed by atoms with Gasteiger partial charge in [-0.05, 0) is 17.5 Å². The first-order valence-corrected chi connectivity index (χ1v) is 6.70. The molecule has 4 nitrogen and oxygen atoms in total. The number of rotatable bonds is 4. The first-order chi connectivity index (χ1) is 9.94. The number of ether oxygens (including phenoxy) is 1. The topological polar surface area (TPSA) is 50.4 Å². The molecular weight excluding hydrogens is 285 g/mol. The largest absolute Gasteiger partial charge is 0.393 e. The Balaban J connectivity index is 1.88. The summed E-state index contributed by atoms with van der Waals surface area (Å²) in [7, 11) is 0. The zero-order chi connectivity index (χ0) is 15.3. The molecule has 7 heteroatoms. The molecule has 0 saturated carbocycles. The van der Waals surface area contributed by atoms with Crippen LogP contribution in [-0.4, -0.2) is 31.5 Å². The molecule has 0 radical (unpaired) electrons. The van der Waals surface area contributed by atoms with Gasteiger partial charge >= 0.3 is 12.2 Å². The lowest BCUT2D eigenvalue weighted by molar-refractivity contribution is -0.127. The third-order valence-corrected chi connectivity index (χ3v) is 3.21. The molecule has 0 aliphatic carbocycles. The highest BCUT2D eigenvalue weighted by molar-refractivity contribution is 5.74. The van der Waals surface area contributed by atoms with E-state index in [1.807, 2.05) is 0 Å². The summed E-state index contributed by atoms with van der Waals surface area (Å²) < 4.78 is 42.6. The van der Waals surface area contributed by atoms with Gasteiger partial charge in [0.15, 0.2) is 0 Å². The predicted molar refractivity (Wildman–Crippen MR) is 70.8 cm³/mol. The number of amides is 2. The summed E-state index contributed by atoms with van der Waals surface area (Å²) in [5.41, 5.74) is 0.641. The highest BCUT2D eigenvalue weighted by atomic mass is 19.4. The Labute approximate surface area is 120 Å². The normalized spacial score (nSPS) is 18.5. The van der Waals surface area contributed by atoms with Gasteiger partial charge in [0.05, 0.1) is 19.1 Å². The zero-order valence-corrected chi connectivity index (χ0v) is 11.4. The van der Waals surface area contributed by atoms with Gasteiger partial charge in [0.25, 0.3) is 0 Å². The van der Waals surface area contributed by atoms with E-state index in [1.54, 1.807) is 18.2 Å². The van der Waals surface area contributed by atoms with Gasteiger partial charge in [-0.3, -0.25) is 0 Å². The van der Waals surface area contributed by atoms with Gasteiger partial charge in [0.1, 0.15) is 0 Å². The maximum Gasteiger partial charge on any atom is 0.393 e. The van der Waals surface area contributed by atoms with Gasteiger partial charge in [-0.25, -0.2) is 4.79 Å². The van der Waals surface area contributed by atoms with Crippen LogP contribution in [0.15, 0.2) is 24.3 Å². The van der Waals surface area contributed by atoms with Crippen LogP contribution in [0, 0.1) is 0 Å². The maximum atomic E-state index is 12.5. The second-order valence-electron chi connectivity index (χ2n) is 4.95. The van der Waals surface area contributed by atoms with Crippen LogP contribution in [0.3, 0.4) is 0 Å². The summed E-state index contributed by atoms with van der Waals surface area (Å²) in [6.07, 6.45) is -4.51. The molecule has 0 unspecified atom stereocenters. The SMILES string of the molecule is O=C(NCc1ccccc1CC(F)(F)F)N[C@@H]1CCOC1. The zero-order valence-electron chi connectivity index (χ0n) is 11.4. The summed E-state index contributed by atoms with van der Waals surface area (Å²) in [5, 5.41) is 5.30. The molecule has 2 N–H and O–H groups in total. The van der Waals surface area contributed by atoms with E-state index < -0.39 is 18.6 Å². The summed E-state index contributed by atoms with van der Waals surface area (Å²) in [5.74, 6) is 0. The molecule has 21 heavy (non-hydrogen) atoms. The van der Waals surface area contributed by atoms with Crippen LogP contribution in [0.2, 0.25) is 0 Å². The molecule has 116 valence electrons. The Morgan fingerprint density at radius 1 is 1.29 bits per heavy atom. The molecule has 1 aliphatic heterocycles. The highest BCUT2D eigenvalue weighted by Gasteiger charge is 2.28. The fourth-order valence-electron chi connectivity index (χ4n) is 2.18. The number of hydrogen-bond acceptors (Lipinski definition) is 2. The third kappa shape index (κ3) is 5.26. The number of carbonyl (C=O) groups excluding carboxylic acids is 1. The van der Waals surface area contributed by atoms with Gasteiger partial charge < -0.3 is 15.4 Å². The Bertz CT molecular complexity index is 485. The molecule has 1 aromatic rings. The second kappa shape index (κ2) is 6.80. The number of carbonyl (C=O) groups is 1. The van der Waals surface area contributed by atoms with Gasteiger partial charge in [-0.1, -0.05) is 24.3 Å². The van der Waals surface area contributed by atoms with E-state index in [2.05, 4.69) is 10.6 Å². The number of hydrogen-bond donors (Lipinski definition) is 2. The van der Waals surface area contributed by atoms with Crippen molar-refractivity contribution >= 4 is 6.03 Å². The minimum absolute atomic E-state index is 0.0320. The third-order valence-electron chi connectivity index (χ3n) is 3.21. The fourth-order valence-corrected chi connectivity index (χ4v) is 2.18. The average Bonchev–Trinajstić information content (AvgIpc) is 2.89. The minimum atomic E-state index is -4.26. The summed E-state index contributed by atoms with van der Waals surface area (Å²) in [4.78, 5) is 11.7. The number of alkyl halides is 3. The summed E-state index contributed by atoms with van der Waals surface area (Å²) in [6.45, 7) is 1.14. The highest BCUT2D eigenvalue weighted by Crippen LogP contribution is 2.23. The first-order valence-electron chi connectivity index (χ1n) is 6.70. The molecule has 1 fully saturated rings. The van der Waals surface area contributed by atoms with E-state index in [1.165, 1.54) is 6.07 Å². The molecule has 2 amide bonds. The fraction of sp³-hybridized carbons (Fsp3) is 0.500. The van der Waals surface area contributed by atoms with E-state index in [9.17, 15) is 18.0 Å². The van der Waals surface area contributed by atoms with E-state index >= 15 is 0 Å². The standard InChI is InChI=1S/C14H17F3N2O2/c15-14(16,17)7-10-3-1-2-4-11(10)8-18-13(20)19-12-5-6-21-9-12/h1-4,12H,5-9H2,(H2,18,19,20)/t12-/m1/s1. The van der Waals surface area contributed by atoms with Gasteiger partial charge in [0.2, 0.25) is 0 Å². The van der Waals surface area contributed by atoms with E-state index in [0.717, 1.165) is 6.42 Å². The van der Waals surface area contributed by atoms with Crippen molar-refractivity contribution in [3.8, 4) is 0 Å². The van der Waals surface area contributed by atoms with E-state index in [0.29, 0.717) is 18.8 Å². The summed E-state index contributed by atoms with van der Waals surface area (Å²) in [6, 6.07) is 5.79. The second-order valence-corrected chi connectivity index (χ2v) is 4.95. The number of halogens is 3. The number of nitrogens with one attached hydrogen (secondary N) is 2. The van der Waals surface area contributed by atoms with Crippen LogP contribution in [0.4, 0.5) is 18.0 Å². The van der Waals surface area contributed by atoms with Crippen molar-refractivity contribution in [3.05, 3.63) is 35.4 Å². The monoisotopic (exact) mass is 302 g/mol. The molecule has 0 bridgehead atoms. The van der Waals surface area contributed by atoms with Gasteiger partial charge in [0, 0.05) is 13.2 Å². The Hall–Kier alpha value is -1.76. The van der Waals surface area contributed by atoms with Crippen LogP contribution in [0.25, 0.3) is 0 Å². The van der Waals surface area contributed by atoms with Gasteiger partial charge in [-0.2, -0.15) is 13.2 Å². The van der Waals surface area contributed by atoms with Crippen LogP contribution >= 0.6 is 0 Å². The lowest BCUT2D eigenvalue weighted by Crippen LogP contribution is -2.42. The molecule has 0 spiro atoms. The molecular formula is C14H17F3N2O2. The minimum Gasteiger partial charge on any atom is -0.379 e. The van der Waals surface area contributed by atoms with Crippen molar-refractivity contribution in [2.45, 2.75) is 31.6 Å². The van der Waals surface area contributed by atoms with Crippen molar-refractivity contribution in [2.24, 2.45) is 0 Å². The predicted octanol–water partition coefficient (Wildman–Crippen LogP) is 2.38. The Morgan fingerprint density at radius 3 is 2.62 bits per heavy atom. The first kappa shape index (κ1) is 15.6. The molecule has 1 saturated heterocycles. The van der Waals surface area contributed by atoms with Crippen molar-refractivity contribution < 1.29 is 22.7 Å². The lowest BCUT2D eigenvalue weighted by atomic mass is 10.0. The van der Waals surface area contributed by atoms with E-state index in [4.69, 9.17) is 4.74 Å². The molecule has 1 aromatic carbocycles. The van der Waals surface area contributed by atoms with E-state index in [-0.39, 0.29) is 18.2 Å². The van der Waals surface area contributed by atoms with Crippen molar-refractivity contribution in [1.29, 1.82) is 0 Å². The van der Waals surface area contributed by atoms with Crippen LogP contribution in [0.5, 0.6) is 0 Å². The molecule has 1 heterocycles.